The number of halogens is 1. The quantitative estimate of drug-likeness (QED) is 0.619. The summed E-state index contributed by atoms with van der Waals surface area (Å²) in [4.78, 5) is 0. The Morgan fingerprint density at radius 3 is 2.44 bits per heavy atom. The molecule has 9 heavy (non-hydrogen) atoms. The lowest BCUT2D eigenvalue weighted by Gasteiger charge is -1.94. The van der Waals surface area contributed by atoms with Gasteiger partial charge in [0.15, 0.2) is 0 Å². The molecule has 0 saturated heterocycles. The number of rotatable bonds is 0. The molecule has 1 rings (SSSR count). The van der Waals surface area contributed by atoms with Gasteiger partial charge in [0.25, 0.3) is 0 Å². The van der Waals surface area contributed by atoms with Crippen molar-refractivity contribution in [2.45, 2.75) is 13.8 Å². The molecule has 0 unspecified atom stereocenters. The molecule has 0 saturated carbocycles. The molecule has 0 N–H and O–H groups in total. The van der Waals surface area contributed by atoms with Gasteiger partial charge in [0.1, 0.15) is 0 Å². The van der Waals surface area contributed by atoms with Crippen molar-refractivity contribution in [2.75, 3.05) is 0 Å². The van der Waals surface area contributed by atoms with Gasteiger partial charge in [0, 0.05) is 4.47 Å². The second kappa shape index (κ2) is 2.43. The number of hydrogen-bond acceptors (Lipinski definition) is 2. The Kier molecular flexibility index (Phi) is 1.81. The summed E-state index contributed by atoms with van der Waals surface area (Å²) in [5.41, 5.74) is 1.87. The van der Waals surface area contributed by atoms with Gasteiger partial charge in [0.2, 0.25) is 0 Å². The number of aromatic nitrogens is 2. The molecule has 0 aliphatic rings. The van der Waals surface area contributed by atoms with Crippen molar-refractivity contribution in [2.24, 2.45) is 0 Å². The first-order chi connectivity index (χ1) is 4.20. The lowest BCUT2D eigenvalue weighted by Crippen LogP contribution is -1.89. The molecule has 0 spiro atoms. The SMILES string of the molecule is Cc1cc(Br)c(C)nn1. The van der Waals surface area contributed by atoms with Crippen molar-refractivity contribution in [1.82, 2.24) is 10.2 Å². The maximum absolute atomic E-state index is 3.88. The zero-order valence-electron chi connectivity index (χ0n) is 5.35. The summed E-state index contributed by atoms with van der Waals surface area (Å²) >= 11 is 3.34. The molecular formula is C6H7BrN2. The summed E-state index contributed by atoms with van der Waals surface area (Å²) in [6.45, 7) is 3.83. The van der Waals surface area contributed by atoms with E-state index in [-0.39, 0.29) is 0 Å². The van der Waals surface area contributed by atoms with E-state index in [1.165, 1.54) is 0 Å². The molecule has 0 amide bonds. The van der Waals surface area contributed by atoms with Crippen molar-refractivity contribution >= 4 is 15.9 Å². The highest BCUT2D eigenvalue weighted by atomic mass is 79.9. The van der Waals surface area contributed by atoms with Crippen LogP contribution in [-0.4, -0.2) is 10.2 Å². The third-order valence-electron chi connectivity index (χ3n) is 1.04. The predicted octanol–water partition coefficient (Wildman–Crippen LogP) is 1.86. The van der Waals surface area contributed by atoms with Gasteiger partial charge in [-0.2, -0.15) is 10.2 Å². The molecule has 3 heteroatoms. The van der Waals surface area contributed by atoms with Gasteiger partial charge in [-0.05, 0) is 35.8 Å². The summed E-state index contributed by atoms with van der Waals surface area (Å²) in [7, 11) is 0. The van der Waals surface area contributed by atoms with Crippen LogP contribution in [-0.2, 0) is 0 Å². The summed E-state index contributed by atoms with van der Waals surface area (Å²) in [5.74, 6) is 0. The summed E-state index contributed by atoms with van der Waals surface area (Å²) in [6, 6.07) is 1.95. The maximum Gasteiger partial charge on any atom is 0.0742 e. The fourth-order valence-electron chi connectivity index (χ4n) is 0.518. The second-order valence-corrected chi connectivity index (χ2v) is 2.77. The zero-order valence-corrected chi connectivity index (χ0v) is 6.94. The first-order valence-electron chi connectivity index (χ1n) is 2.66. The average molecular weight is 187 g/mol. The van der Waals surface area contributed by atoms with Gasteiger partial charge < -0.3 is 0 Å². The van der Waals surface area contributed by atoms with Gasteiger partial charge in [-0.15, -0.1) is 0 Å². The molecule has 0 aliphatic carbocycles. The van der Waals surface area contributed by atoms with Gasteiger partial charge in [-0.3, -0.25) is 0 Å². The Morgan fingerprint density at radius 1 is 1.33 bits per heavy atom. The molecule has 0 bridgehead atoms. The molecule has 0 aliphatic heterocycles. The largest absolute Gasteiger partial charge is 0.156 e. The molecule has 48 valence electrons. The highest BCUT2D eigenvalue weighted by Gasteiger charge is 1.94. The number of aryl methyl sites for hydroxylation is 2. The van der Waals surface area contributed by atoms with E-state index in [1.807, 2.05) is 19.9 Å². The van der Waals surface area contributed by atoms with E-state index in [9.17, 15) is 0 Å². The predicted molar refractivity (Wildman–Crippen MR) is 39.2 cm³/mol. The van der Waals surface area contributed by atoms with Crippen LogP contribution in [0.2, 0.25) is 0 Å². The second-order valence-electron chi connectivity index (χ2n) is 1.92. The maximum atomic E-state index is 3.88. The van der Waals surface area contributed by atoms with Crippen molar-refractivity contribution in [3.8, 4) is 0 Å². The highest BCUT2D eigenvalue weighted by molar-refractivity contribution is 9.10. The Morgan fingerprint density at radius 2 is 2.00 bits per heavy atom. The summed E-state index contributed by atoms with van der Waals surface area (Å²) in [5, 5.41) is 7.74. The fraction of sp³-hybridized carbons (Fsp3) is 0.333. The van der Waals surface area contributed by atoms with Gasteiger partial charge in [0.05, 0.1) is 11.4 Å². The molecule has 1 aromatic rings. The van der Waals surface area contributed by atoms with E-state index in [1.54, 1.807) is 0 Å². The minimum absolute atomic E-state index is 0.931. The molecule has 0 atom stereocenters. The first kappa shape index (κ1) is 6.68. The number of nitrogens with zero attached hydrogens (tertiary/aromatic N) is 2. The van der Waals surface area contributed by atoms with Crippen molar-refractivity contribution in [1.29, 1.82) is 0 Å². The first-order valence-corrected chi connectivity index (χ1v) is 3.46. The topological polar surface area (TPSA) is 25.8 Å². The average Bonchev–Trinajstić information content (AvgIpc) is 1.80. The van der Waals surface area contributed by atoms with Gasteiger partial charge in [-0.25, -0.2) is 0 Å². The standard InChI is InChI=1S/C6H7BrN2/c1-4-3-6(7)5(2)9-8-4/h3H,1-2H3. The molecule has 0 aromatic carbocycles. The smallest absolute Gasteiger partial charge is 0.0742 e. The van der Waals surface area contributed by atoms with E-state index in [2.05, 4.69) is 26.1 Å². The Hall–Kier alpha value is -0.440. The van der Waals surface area contributed by atoms with Crippen LogP contribution in [0.4, 0.5) is 0 Å². The van der Waals surface area contributed by atoms with Crippen molar-refractivity contribution < 1.29 is 0 Å². The third-order valence-corrected chi connectivity index (χ3v) is 1.84. The molecular weight excluding hydrogens is 180 g/mol. The van der Waals surface area contributed by atoms with Gasteiger partial charge >= 0.3 is 0 Å². The fourth-order valence-corrected chi connectivity index (χ4v) is 0.929. The Labute approximate surface area is 62.4 Å². The minimum Gasteiger partial charge on any atom is -0.156 e. The minimum atomic E-state index is 0.931. The number of hydrogen-bond donors (Lipinski definition) is 0. The van der Waals surface area contributed by atoms with Crippen LogP contribution >= 0.6 is 15.9 Å². The normalized spacial score (nSPS) is 9.67. The lowest BCUT2D eigenvalue weighted by molar-refractivity contribution is 0.932. The van der Waals surface area contributed by atoms with E-state index >= 15 is 0 Å². The Balaban J connectivity index is 3.17. The van der Waals surface area contributed by atoms with Crippen molar-refractivity contribution in [3.05, 3.63) is 21.9 Å². The Bertz CT molecular complexity index is 222. The van der Waals surface area contributed by atoms with Crippen LogP contribution in [0.5, 0.6) is 0 Å². The highest BCUT2D eigenvalue weighted by Crippen LogP contribution is 2.11. The van der Waals surface area contributed by atoms with Gasteiger partial charge in [-0.1, -0.05) is 0 Å². The molecule has 0 radical (unpaired) electrons. The van der Waals surface area contributed by atoms with E-state index < -0.39 is 0 Å². The molecule has 0 fully saturated rings. The van der Waals surface area contributed by atoms with Crippen LogP contribution in [0.1, 0.15) is 11.4 Å². The van der Waals surface area contributed by atoms with Crippen LogP contribution in [0, 0.1) is 13.8 Å². The van der Waals surface area contributed by atoms with Crippen LogP contribution < -0.4 is 0 Å². The molecule has 1 heterocycles. The van der Waals surface area contributed by atoms with Crippen molar-refractivity contribution in [3.63, 3.8) is 0 Å². The van der Waals surface area contributed by atoms with Crippen LogP contribution in [0.3, 0.4) is 0 Å². The van der Waals surface area contributed by atoms with E-state index in [4.69, 9.17) is 0 Å². The molecule has 1 aromatic heterocycles. The van der Waals surface area contributed by atoms with E-state index in [0.717, 1.165) is 15.9 Å². The third kappa shape index (κ3) is 1.48. The zero-order chi connectivity index (χ0) is 6.85. The summed E-state index contributed by atoms with van der Waals surface area (Å²) < 4.78 is 1.02. The lowest BCUT2D eigenvalue weighted by atomic mass is 10.4. The van der Waals surface area contributed by atoms with Crippen LogP contribution in [0.15, 0.2) is 10.5 Å². The summed E-state index contributed by atoms with van der Waals surface area (Å²) in [6.07, 6.45) is 0. The monoisotopic (exact) mass is 186 g/mol. The molecule has 2 nitrogen and oxygen atoms in total. The van der Waals surface area contributed by atoms with Crippen LogP contribution in [0.25, 0.3) is 0 Å². The van der Waals surface area contributed by atoms with E-state index in [0.29, 0.717) is 0 Å².